The molecule has 1 aromatic carbocycles. The summed E-state index contributed by atoms with van der Waals surface area (Å²) in [7, 11) is -3.68. The molecule has 164 valence electrons. The lowest BCUT2D eigenvalue weighted by Gasteiger charge is -2.31. The number of nitrogens with one attached hydrogen (secondary N) is 1. The summed E-state index contributed by atoms with van der Waals surface area (Å²) in [5.74, 6) is -0.108. The van der Waals surface area contributed by atoms with Crippen LogP contribution in [0.3, 0.4) is 0 Å². The van der Waals surface area contributed by atoms with Crippen molar-refractivity contribution in [1.29, 1.82) is 0 Å². The number of piperidine rings is 1. The first-order valence-corrected chi connectivity index (χ1v) is 12.0. The lowest BCUT2D eigenvalue weighted by atomic mass is 9.97. The summed E-state index contributed by atoms with van der Waals surface area (Å²) in [6.45, 7) is 10.2. The van der Waals surface area contributed by atoms with E-state index >= 15 is 0 Å². The van der Waals surface area contributed by atoms with E-state index in [4.69, 9.17) is 0 Å². The second kappa shape index (κ2) is 8.89. The number of carbonyl (C=O) groups excluding carboxylic acids is 1. The molecule has 1 amide bonds. The molecule has 0 radical (unpaired) electrons. The molecule has 1 aliphatic rings. The molecule has 1 saturated heterocycles. The summed E-state index contributed by atoms with van der Waals surface area (Å²) in [4.78, 5) is 12.7. The summed E-state index contributed by atoms with van der Waals surface area (Å²) in [5, 5.41) is 7.51. The third-order valence-corrected chi connectivity index (χ3v) is 8.08. The first-order valence-electron chi connectivity index (χ1n) is 10.6. The molecule has 1 N–H and O–H groups in total. The number of nitrogens with zero attached hydrogens (tertiary/aromatic N) is 3. The average Bonchev–Trinajstić information content (AvgIpc) is 3.03. The smallest absolute Gasteiger partial charge is 0.246 e. The van der Waals surface area contributed by atoms with Crippen molar-refractivity contribution in [3.05, 3.63) is 41.2 Å². The van der Waals surface area contributed by atoms with Crippen molar-refractivity contribution < 1.29 is 13.2 Å². The van der Waals surface area contributed by atoms with E-state index in [0.29, 0.717) is 37.3 Å². The second-order valence-corrected chi connectivity index (χ2v) is 10.1. The maximum absolute atomic E-state index is 13.4. The number of aryl methyl sites for hydroxylation is 2. The number of carbonyl (C=O) groups is 1. The van der Waals surface area contributed by atoms with Crippen molar-refractivity contribution in [2.24, 2.45) is 5.92 Å². The molecule has 30 heavy (non-hydrogen) atoms. The fourth-order valence-electron chi connectivity index (χ4n) is 3.89. The van der Waals surface area contributed by atoms with Crippen molar-refractivity contribution in [3.8, 4) is 5.69 Å². The highest BCUT2D eigenvalue weighted by atomic mass is 32.2. The Morgan fingerprint density at radius 2 is 1.77 bits per heavy atom. The first kappa shape index (κ1) is 22.5. The average molecular weight is 433 g/mol. The Hall–Kier alpha value is -2.19. The third-order valence-electron chi connectivity index (χ3n) is 5.93. The van der Waals surface area contributed by atoms with E-state index in [-0.39, 0.29) is 22.8 Å². The quantitative estimate of drug-likeness (QED) is 0.760. The first-order chi connectivity index (χ1) is 14.1. The molecule has 1 aliphatic heterocycles. The maximum Gasteiger partial charge on any atom is 0.246 e. The Bertz CT molecular complexity index is 1000. The van der Waals surface area contributed by atoms with Crippen LogP contribution in [0.4, 0.5) is 0 Å². The standard InChI is InChI=1S/C22H32N4O3S/c1-6-16(3)23-22(27)19-11-13-25(14-12-19)30(28,29)21-17(4)24-26(18(21)5)20-9-7-15(2)8-10-20/h7-10,16,19H,6,11-14H2,1-5H3,(H,23,27). The van der Waals surface area contributed by atoms with E-state index in [9.17, 15) is 13.2 Å². The van der Waals surface area contributed by atoms with Gasteiger partial charge in [0.2, 0.25) is 15.9 Å². The van der Waals surface area contributed by atoms with Gasteiger partial charge in [0.15, 0.2) is 0 Å². The predicted octanol–water partition coefficient (Wildman–Crippen LogP) is 3.11. The van der Waals surface area contributed by atoms with Crippen LogP contribution in [0.2, 0.25) is 0 Å². The zero-order chi connectivity index (χ0) is 22.1. The van der Waals surface area contributed by atoms with Gasteiger partial charge in [-0.15, -0.1) is 0 Å². The van der Waals surface area contributed by atoms with Crippen LogP contribution < -0.4 is 5.32 Å². The minimum Gasteiger partial charge on any atom is -0.353 e. The molecule has 8 heteroatoms. The lowest BCUT2D eigenvalue weighted by Crippen LogP contribution is -2.44. The molecular formula is C22H32N4O3S. The van der Waals surface area contributed by atoms with Gasteiger partial charge >= 0.3 is 0 Å². The van der Waals surface area contributed by atoms with Crippen molar-refractivity contribution in [2.75, 3.05) is 13.1 Å². The molecular weight excluding hydrogens is 400 g/mol. The Kier molecular flexibility index (Phi) is 6.67. The summed E-state index contributed by atoms with van der Waals surface area (Å²) in [5.41, 5.74) is 3.06. The molecule has 3 rings (SSSR count). The second-order valence-electron chi connectivity index (χ2n) is 8.24. The SMILES string of the molecule is CCC(C)NC(=O)C1CCN(S(=O)(=O)c2c(C)nn(-c3ccc(C)cc3)c2C)CC1. The molecule has 2 heterocycles. The summed E-state index contributed by atoms with van der Waals surface area (Å²) < 4.78 is 30.0. The van der Waals surface area contributed by atoms with Gasteiger partial charge in [-0.3, -0.25) is 4.79 Å². The van der Waals surface area contributed by atoms with Crippen LogP contribution in [0, 0.1) is 26.7 Å². The van der Waals surface area contributed by atoms with Gasteiger partial charge in [0, 0.05) is 25.0 Å². The lowest BCUT2D eigenvalue weighted by molar-refractivity contribution is -0.126. The molecule has 2 aromatic rings. The van der Waals surface area contributed by atoms with Gasteiger partial charge in [-0.05, 0) is 59.1 Å². The molecule has 1 fully saturated rings. The molecule has 0 bridgehead atoms. The number of rotatable bonds is 6. The van der Waals surface area contributed by atoms with Crippen LogP contribution in [0.1, 0.15) is 50.1 Å². The Labute approximate surface area is 179 Å². The number of hydrogen-bond donors (Lipinski definition) is 1. The van der Waals surface area contributed by atoms with Crippen LogP contribution in [0.5, 0.6) is 0 Å². The van der Waals surface area contributed by atoms with Crippen LogP contribution in [0.15, 0.2) is 29.2 Å². The van der Waals surface area contributed by atoms with Gasteiger partial charge < -0.3 is 5.32 Å². The van der Waals surface area contributed by atoms with E-state index in [1.165, 1.54) is 4.31 Å². The van der Waals surface area contributed by atoms with Crippen LogP contribution in [-0.2, 0) is 14.8 Å². The van der Waals surface area contributed by atoms with Gasteiger partial charge in [0.05, 0.1) is 17.1 Å². The molecule has 0 saturated carbocycles. The normalized spacial score (nSPS) is 17.1. The van der Waals surface area contributed by atoms with Gasteiger partial charge in [0.1, 0.15) is 4.90 Å². The van der Waals surface area contributed by atoms with Crippen molar-refractivity contribution >= 4 is 15.9 Å². The minimum atomic E-state index is -3.68. The summed E-state index contributed by atoms with van der Waals surface area (Å²) in [6.07, 6.45) is 1.94. The molecule has 0 spiro atoms. The highest BCUT2D eigenvalue weighted by molar-refractivity contribution is 7.89. The van der Waals surface area contributed by atoms with Crippen molar-refractivity contribution in [3.63, 3.8) is 0 Å². The van der Waals surface area contributed by atoms with E-state index in [2.05, 4.69) is 10.4 Å². The van der Waals surface area contributed by atoms with Crippen LogP contribution in [-0.4, -0.2) is 47.5 Å². The third kappa shape index (κ3) is 4.44. The van der Waals surface area contributed by atoms with E-state index in [1.807, 2.05) is 45.0 Å². The summed E-state index contributed by atoms with van der Waals surface area (Å²) >= 11 is 0. The Balaban J connectivity index is 1.78. The highest BCUT2D eigenvalue weighted by Gasteiger charge is 2.35. The molecule has 1 unspecified atom stereocenters. The zero-order valence-electron chi connectivity index (χ0n) is 18.5. The molecule has 1 atom stereocenters. The largest absolute Gasteiger partial charge is 0.353 e. The van der Waals surface area contributed by atoms with E-state index < -0.39 is 10.0 Å². The van der Waals surface area contributed by atoms with E-state index in [0.717, 1.165) is 17.7 Å². The number of aromatic nitrogens is 2. The van der Waals surface area contributed by atoms with Gasteiger partial charge in [-0.2, -0.15) is 9.40 Å². The topological polar surface area (TPSA) is 84.3 Å². The highest BCUT2D eigenvalue weighted by Crippen LogP contribution is 2.29. The number of hydrogen-bond acceptors (Lipinski definition) is 4. The maximum atomic E-state index is 13.4. The van der Waals surface area contributed by atoms with Crippen molar-refractivity contribution in [1.82, 2.24) is 19.4 Å². The number of benzene rings is 1. The minimum absolute atomic E-state index is 0.0287. The fourth-order valence-corrected chi connectivity index (χ4v) is 5.71. The molecule has 0 aliphatic carbocycles. The monoisotopic (exact) mass is 432 g/mol. The Morgan fingerprint density at radius 1 is 1.17 bits per heavy atom. The zero-order valence-corrected chi connectivity index (χ0v) is 19.3. The summed E-state index contributed by atoms with van der Waals surface area (Å²) in [6, 6.07) is 7.97. The van der Waals surface area contributed by atoms with Gasteiger partial charge in [-0.25, -0.2) is 13.1 Å². The Morgan fingerprint density at radius 3 is 2.33 bits per heavy atom. The molecule has 7 nitrogen and oxygen atoms in total. The predicted molar refractivity (Wildman–Crippen MR) is 117 cm³/mol. The fraction of sp³-hybridized carbons (Fsp3) is 0.545. The van der Waals surface area contributed by atoms with Crippen LogP contribution >= 0.6 is 0 Å². The molecule has 1 aromatic heterocycles. The van der Waals surface area contributed by atoms with Crippen molar-refractivity contribution in [2.45, 2.75) is 64.8 Å². The van der Waals surface area contributed by atoms with Gasteiger partial charge in [0.25, 0.3) is 0 Å². The van der Waals surface area contributed by atoms with Crippen LogP contribution in [0.25, 0.3) is 5.69 Å². The number of sulfonamides is 1. The van der Waals surface area contributed by atoms with Gasteiger partial charge in [-0.1, -0.05) is 24.6 Å². The van der Waals surface area contributed by atoms with E-state index in [1.54, 1.807) is 18.5 Å². The number of amides is 1.